The smallest absolute Gasteiger partial charge is 0.340 e. The summed E-state index contributed by atoms with van der Waals surface area (Å²) in [5.41, 5.74) is -0.746. The van der Waals surface area contributed by atoms with Crippen molar-refractivity contribution in [1.82, 2.24) is 4.57 Å². The van der Waals surface area contributed by atoms with E-state index in [0.717, 1.165) is 24.3 Å². The Balaban J connectivity index is 2.38. The average Bonchev–Trinajstić information content (AvgIpc) is 2.79. The summed E-state index contributed by atoms with van der Waals surface area (Å²) < 4.78 is 79.5. The number of hydrogen-bond donors (Lipinski definition) is 0. The lowest BCUT2D eigenvalue weighted by atomic mass is 10.1. The van der Waals surface area contributed by atoms with Gasteiger partial charge in [-0.2, -0.15) is 26.3 Å². The van der Waals surface area contributed by atoms with Crippen LogP contribution in [-0.4, -0.2) is 4.57 Å². The molecular formula is C17H13F6N. The van der Waals surface area contributed by atoms with Crippen LogP contribution in [0.4, 0.5) is 26.3 Å². The lowest BCUT2D eigenvalue weighted by Gasteiger charge is -2.08. The van der Waals surface area contributed by atoms with Gasteiger partial charge >= 0.3 is 12.4 Å². The fraction of sp³-hybridized carbons (Fsp3) is 0.294. The Morgan fingerprint density at radius 1 is 0.750 bits per heavy atom. The van der Waals surface area contributed by atoms with E-state index in [1.165, 1.54) is 12.1 Å². The number of halogens is 6. The van der Waals surface area contributed by atoms with Crippen molar-refractivity contribution in [1.29, 1.82) is 0 Å². The Morgan fingerprint density at radius 3 is 1.50 bits per heavy atom. The van der Waals surface area contributed by atoms with Crippen LogP contribution in [0.3, 0.4) is 0 Å². The molecule has 0 atom stereocenters. The number of benzene rings is 2. The summed E-state index contributed by atoms with van der Waals surface area (Å²) in [4.78, 5) is 0. The van der Waals surface area contributed by atoms with E-state index in [9.17, 15) is 26.3 Å². The monoisotopic (exact) mass is 345 g/mol. The van der Waals surface area contributed by atoms with Crippen LogP contribution in [0.15, 0.2) is 36.4 Å². The molecule has 24 heavy (non-hydrogen) atoms. The zero-order chi connectivity index (χ0) is 17.7. The van der Waals surface area contributed by atoms with Gasteiger partial charge in [0, 0.05) is 28.4 Å². The molecule has 0 amide bonds. The second kappa shape index (κ2) is 5.43. The Bertz CT molecular complexity index is 830. The largest absolute Gasteiger partial charge is 0.416 e. The minimum absolute atomic E-state index is 0.180. The van der Waals surface area contributed by atoms with E-state index < -0.39 is 23.5 Å². The molecule has 0 N–H and O–H groups in total. The molecule has 0 saturated heterocycles. The molecule has 1 nitrogen and oxygen atoms in total. The van der Waals surface area contributed by atoms with Crippen LogP contribution in [0, 0.1) is 0 Å². The summed E-state index contributed by atoms with van der Waals surface area (Å²) in [6.45, 7) is 2.41. The number of nitrogens with zero attached hydrogens (tertiary/aromatic N) is 1. The maximum Gasteiger partial charge on any atom is 0.416 e. The molecular weight excluding hydrogens is 332 g/mol. The zero-order valence-corrected chi connectivity index (χ0v) is 12.6. The predicted octanol–water partition coefficient (Wildman–Crippen LogP) is 6.24. The number of fused-ring (bicyclic) bond motifs is 3. The highest BCUT2D eigenvalue weighted by Gasteiger charge is 2.33. The van der Waals surface area contributed by atoms with Gasteiger partial charge in [-0.15, -0.1) is 0 Å². The van der Waals surface area contributed by atoms with Gasteiger partial charge in [-0.05, 0) is 42.8 Å². The molecule has 3 rings (SSSR count). The van der Waals surface area contributed by atoms with Crippen molar-refractivity contribution in [2.45, 2.75) is 32.2 Å². The molecule has 0 radical (unpaired) electrons. The molecule has 0 aliphatic carbocycles. The van der Waals surface area contributed by atoms with Gasteiger partial charge in [0.1, 0.15) is 0 Å². The van der Waals surface area contributed by atoms with Crippen LogP contribution in [-0.2, 0) is 18.9 Å². The molecule has 3 aromatic rings. The second-order valence-electron chi connectivity index (χ2n) is 5.61. The molecule has 0 saturated carbocycles. The van der Waals surface area contributed by atoms with Gasteiger partial charge in [0.25, 0.3) is 0 Å². The first-order valence-electron chi connectivity index (χ1n) is 7.33. The van der Waals surface area contributed by atoms with Crippen molar-refractivity contribution < 1.29 is 26.3 Å². The molecule has 1 aromatic heterocycles. The van der Waals surface area contributed by atoms with E-state index in [4.69, 9.17) is 0 Å². The Kier molecular flexibility index (Phi) is 3.77. The summed E-state index contributed by atoms with van der Waals surface area (Å²) in [6.07, 6.45) is -8.38. The molecule has 2 aromatic carbocycles. The highest BCUT2D eigenvalue weighted by Crippen LogP contribution is 2.38. The molecule has 0 aliphatic heterocycles. The average molecular weight is 345 g/mol. The van der Waals surface area contributed by atoms with Crippen molar-refractivity contribution in [2.24, 2.45) is 0 Å². The topological polar surface area (TPSA) is 4.93 Å². The predicted molar refractivity (Wildman–Crippen MR) is 79.7 cm³/mol. The van der Waals surface area contributed by atoms with Gasteiger partial charge in [-0.1, -0.05) is 6.92 Å². The van der Waals surface area contributed by atoms with Gasteiger partial charge in [0.15, 0.2) is 0 Å². The standard InChI is InChI=1S/C17H13F6N/c1-2-7-24-14-5-3-10(16(18,19)20)8-12(14)13-9-11(17(21,22)23)4-6-15(13)24/h3-6,8-9H,2,7H2,1H3. The molecule has 7 heteroatoms. The highest BCUT2D eigenvalue weighted by molar-refractivity contribution is 6.08. The van der Waals surface area contributed by atoms with Crippen LogP contribution in [0.5, 0.6) is 0 Å². The summed E-state index contributed by atoms with van der Waals surface area (Å²) >= 11 is 0. The molecule has 128 valence electrons. The first kappa shape index (κ1) is 16.7. The quantitative estimate of drug-likeness (QED) is 0.484. The molecule has 1 heterocycles. The maximum atomic E-state index is 13.0. The summed E-state index contributed by atoms with van der Waals surface area (Å²) in [5.74, 6) is 0. The Hall–Kier alpha value is -2.18. The number of alkyl halides is 6. The molecule has 0 bridgehead atoms. The van der Waals surface area contributed by atoms with E-state index in [0.29, 0.717) is 24.0 Å². The Labute approximate surface area is 133 Å². The van der Waals surface area contributed by atoms with Crippen molar-refractivity contribution in [2.75, 3.05) is 0 Å². The van der Waals surface area contributed by atoms with Crippen LogP contribution in [0.25, 0.3) is 21.8 Å². The van der Waals surface area contributed by atoms with Gasteiger partial charge in [-0.25, -0.2) is 0 Å². The lowest BCUT2D eigenvalue weighted by Crippen LogP contribution is -2.04. The van der Waals surface area contributed by atoms with Crippen molar-refractivity contribution in [3.63, 3.8) is 0 Å². The highest BCUT2D eigenvalue weighted by atomic mass is 19.4. The minimum Gasteiger partial charge on any atom is -0.340 e. The summed E-state index contributed by atoms with van der Waals surface area (Å²) in [5, 5.41) is 0.360. The number of aromatic nitrogens is 1. The third kappa shape index (κ3) is 2.72. The lowest BCUT2D eigenvalue weighted by molar-refractivity contribution is -0.138. The summed E-state index contributed by atoms with van der Waals surface area (Å²) in [6, 6.07) is 6.40. The number of rotatable bonds is 2. The molecule has 0 aliphatic rings. The second-order valence-corrected chi connectivity index (χ2v) is 5.61. The molecule has 0 fully saturated rings. The van der Waals surface area contributed by atoms with Gasteiger partial charge < -0.3 is 4.57 Å². The van der Waals surface area contributed by atoms with Crippen molar-refractivity contribution in [3.8, 4) is 0 Å². The van der Waals surface area contributed by atoms with E-state index >= 15 is 0 Å². The first-order chi connectivity index (χ1) is 11.1. The fourth-order valence-electron chi connectivity index (χ4n) is 2.92. The SMILES string of the molecule is CCCn1c2ccc(C(F)(F)F)cc2c2cc(C(F)(F)F)ccc21. The fourth-order valence-corrected chi connectivity index (χ4v) is 2.92. The molecule has 0 unspecified atom stereocenters. The van der Waals surface area contributed by atoms with Crippen molar-refractivity contribution >= 4 is 21.8 Å². The van der Waals surface area contributed by atoms with Gasteiger partial charge in [0.2, 0.25) is 0 Å². The Morgan fingerprint density at radius 2 is 1.17 bits per heavy atom. The van der Waals surface area contributed by atoms with Crippen LogP contribution in [0.1, 0.15) is 24.5 Å². The van der Waals surface area contributed by atoms with E-state index in [2.05, 4.69) is 0 Å². The molecule has 0 spiro atoms. The first-order valence-corrected chi connectivity index (χ1v) is 7.33. The third-order valence-electron chi connectivity index (χ3n) is 3.97. The van der Waals surface area contributed by atoms with Gasteiger partial charge in [-0.3, -0.25) is 0 Å². The van der Waals surface area contributed by atoms with Crippen molar-refractivity contribution in [3.05, 3.63) is 47.5 Å². The van der Waals surface area contributed by atoms with Crippen LogP contribution < -0.4 is 0 Å². The van der Waals surface area contributed by atoms with E-state index in [1.807, 2.05) is 6.92 Å². The summed E-state index contributed by atoms with van der Waals surface area (Å²) in [7, 11) is 0. The van der Waals surface area contributed by atoms with E-state index in [1.54, 1.807) is 4.57 Å². The maximum absolute atomic E-state index is 13.0. The third-order valence-corrected chi connectivity index (χ3v) is 3.97. The van der Waals surface area contributed by atoms with E-state index in [-0.39, 0.29) is 10.8 Å². The normalized spacial score (nSPS) is 13.1. The number of aryl methyl sites for hydroxylation is 1. The zero-order valence-electron chi connectivity index (χ0n) is 12.6. The number of hydrogen-bond acceptors (Lipinski definition) is 0. The minimum atomic E-state index is -4.55. The van der Waals surface area contributed by atoms with Crippen LogP contribution in [0.2, 0.25) is 0 Å². The van der Waals surface area contributed by atoms with Crippen LogP contribution >= 0.6 is 0 Å². The van der Waals surface area contributed by atoms with Gasteiger partial charge in [0.05, 0.1) is 11.1 Å².